The lowest BCUT2D eigenvalue weighted by molar-refractivity contribution is 0.0997. The van der Waals surface area contributed by atoms with Gasteiger partial charge >= 0.3 is 0 Å². The van der Waals surface area contributed by atoms with Gasteiger partial charge in [0.2, 0.25) is 5.95 Å². The second-order valence-corrected chi connectivity index (χ2v) is 5.83. The number of amides is 1. The van der Waals surface area contributed by atoms with Crippen LogP contribution in [0.4, 0.5) is 10.3 Å². The highest BCUT2D eigenvalue weighted by Crippen LogP contribution is 2.29. The van der Waals surface area contributed by atoms with Crippen molar-refractivity contribution in [2.75, 3.05) is 12.4 Å². The number of methoxy groups -OCH3 is 1. The summed E-state index contributed by atoms with van der Waals surface area (Å²) in [6.45, 7) is 1.69. The molecule has 0 aliphatic heterocycles. The highest BCUT2D eigenvalue weighted by molar-refractivity contribution is 6.05. The smallest absolute Gasteiger partial charge is 0.294 e. The summed E-state index contributed by atoms with van der Waals surface area (Å²) in [5.41, 5.74) is 1.29. The van der Waals surface area contributed by atoms with Crippen LogP contribution in [0.15, 0.2) is 46.9 Å². The number of ether oxygens (including phenoxy) is 1. The highest BCUT2D eigenvalue weighted by atomic mass is 19.1. The van der Waals surface area contributed by atoms with Gasteiger partial charge in [-0.25, -0.2) is 4.39 Å². The van der Waals surface area contributed by atoms with Gasteiger partial charge in [0.05, 0.1) is 12.7 Å². The number of anilines is 1. The largest absolute Gasteiger partial charge is 0.496 e. The van der Waals surface area contributed by atoms with E-state index in [2.05, 4.69) is 20.5 Å². The number of furan rings is 1. The number of rotatable bonds is 4. The van der Waals surface area contributed by atoms with E-state index in [4.69, 9.17) is 9.15 Å². The summed E-state index contributed by atoms with van der Waals surface area (Å²) in [7, 11) is 1.56. The highest BCUT2D eigenvalue weighted by Gasteiger charge is 2.21. The maximum absolute atomic E-state index is 13.9. The maximum atomic E-state index is 13.9. The van der Waals surface area contributed by atoms with Gasteiger partial charge in [0.15, 0.2) is 23.0 Å². The summed E-state index contributed by atoms with van der Waals surface area (Å²) in [6.07, 6.45) is 0. The van der Waals surface area contributed by atoms with Crippen molar-refractivity contribution in [1.29, 1.82) is 0 Å². The molecule has 0 atom stereocenters. The average Bonchev–Trinajstić information content (AvgIpc) is 3.27. The molecule has 0 unspecified atom stereocenters. The molecule has 0 bridgehead atoms. The number of H-pyrrole nitrogens is 1. The molecule has 4 rings (SSSR count). The molecule has 0 radical (unpaired) electrons. The van der Waals surface area contributed by atoms with Crippen molar-refractivity contribution in [1.82, 2.24) is 15.2 Å². The monoisotopic (exact) mass is 366 g/mol. The van der Waals surface area contributed by atoms with Gasteiger partial charge in [0.25, 0.3) is 5.91 Å². The molecule has 0 spiro atoms. The lowest BCUT2D eigenvalue weighted by Crippen LogP contribution is -2.13. The molecule has 2 heterocycles. The van der Waals surface area contributed by atoms with E-state index < -0.39 is 11.7 Å². The molecule has 1 amide bonds. The number of para-hydroxylation sites is 2. The summed E-state index contributed by atoms with van der Waals surface area (Å²) in [4.78, 5) is 16.8. The summed E-state index contributed by atoms with van der Waals surface area (Å²) in [6, 6.07) is 11.8. The number of aryl methyl sites for hydroxylation is 1. The molecule has 0 aliphatic carbocycles. The van der Waals surface area contributed by atoms with Gasteiger partial charge in [-0.2, -0.15) is 4.98 Å². The minimum absolute atomic E-state index is 0.0127. The quantitative estimate of drug-likeness (QED) is 0.571. The van der Waals surface area contributed by atoms with Crippen LogP contribution in [0.2, 0.25) is 0 Å². The average molecular weight is 366 g/mol. The molecule has 0 aliphatic rings. The van der Waals surface area contributed by atoms with Crippen LogP contribution >= 0.6 is 0 Å². The Bertz CT molecular complexity index is 1150. The topological polar surface area (TPSA) is 93.0 Å². The maximum Gasteiger partial charge on any atom is 0.294 e. The number of nitrogens with one attached hydrogen (secondary N) is 2. The van der Waals surface area contributed by atoms with Gasteiger partial charge in [-0.3, -0.25) is 15.2 Å². The number of aromatic amines is 1. The molecule has 0 saturated carbocycles. The molecule has 7 nitrogen and oxygen atoms in total. The van der Waals surface area contributed by atoms with Gasteiger partial charge in [-0.1, -0.05) is 24.3 Å². The first-order valence-electron chi connectivity index (χ1n) is 8.13. The van der Waals surface area contributed by atoms with E-state index in [1.165, 1.54) is 6.07 Å². The Morgan fingerprint density at radius 1 is 1.22 bits per heavy atom. The van der Waals surface area contributed by atoms with Crippen LogP contribution in [0.5, 0.6) is 5.75 Å². The third kappa shape index (κ3) is 2.91. The Morgan fingerprint density at radius 2 is 2.04 bits per heavy atom. The van der Waals surface area contributed by atoms with Gasteiger partial charge in [0, 0.05) is 10.9 Å². The van der Waals surface area contributed by atoms with E-state index in [0.29, 0.717) is 28.1 Å². The standard InChI is InChI=1S/C19H15FN4O3/c1-10-11-7-5-8-13(20)16(11)27-15(10)18(25)22-19-21-17(23-24-19)12-6-3-4-9-14(12)26-2/h3-9H,1-2H3,(H2,21,22,23,24,25). The molecule has 27 heavy (non-hydrogen) atoms. The van der Waals surface area contributed by atoms with Crippen LogP contribution in [0, 0.1) is 12.7 Å². The molecule has 0 fully saturated rings. The van der Waals surface area contributed by atoms with Crippen LogP contribution in [0.1, 0.15) is 16.1 Å². The van der Waals surface area contributed by atoms with Crippen molar-refractivity contribution >= 4 is 22.8 Å². The van der Waals surface area contributed by atoms with Crippen molar-refractivity contribution in [2.45, 2.75) is 6.92 Å². The molecule has 8 heteroatoms. The zero-order chi connectivity index (χ0) is 19.0. The van der Waals surface area contributed by atoms with Crippen LogP contribution in [0.3, 0.4) is 0 Å². The van der Waals surface area contributed by atoms with Crippen LogP contribution in [0.25, 0.3) is 22.4 Å². The zero-order valence-corrected chi connectivity index (χ0v) is 14.5. The number of fused-ring (bicyclic) bond motifs is 1. The van der Waals surface area contributed by atoms with E-state index in [9.17, 15) is 9.18 Å². The van der Waals surface area contributed by atoms with E-state index in [1.54, 1.807) is 32.2 Å². The first-order chi connectivity index (χ1) is 13.1. The number of halogens is 1. The summed E-state index contributed by atoms with van der Waals surface area (Å²) >= 11 is 0. The van der Waals surface area contributed by atoms with Crippen molar-refractivity contribution < 1.29 is 18.3 Å². The van der Waals surface area contributed by atoms with Crippen molar-refractivity contribution in [3.05, 3.63) is 59.6 Å². The molecular weight excluding hydrogens is 351 g/mol. The van der Waals surface area contributed by atoms with Crippen molar-refractivity contribution in [2.24, 2.45) is 0 Å². The van der Waals surface area contributed by atoms with E-state index >= 15 is 0 Å². The fourth-order valence-corrected chi connectivity index (χ4v) is 2.86. The summed E-state index contributed by atoms with van der Waals surface area (Å²) < 4.78 is 24.6. The Kier molecular flexibility index (Phi) is 4.08. The lowest BCUT2D eigenvalue weighted by Gasteiger charge is -2.04. The third-order valence-corrected chi connectivity index (χ3v) is 4.19. The van der Waals surface area contributed by atoms with E-state index in [0.717, 1.165) is 0 Å². The number of carbonyl (C=O) groups is 1. The van der Waals surface area contributed by atoms with Gasteiger partial charge in [-0.15, -0.1) is 5.10 Å². The predicted molar refractivity (Wildman–Crippen MR) is 97.2 cm³/mol. The second-order valence-electron chi connectivity index (χ2n) is 5.83. The Hall–Kier alpha value is -3.68. The molecule has 0 saturated heterocycles. The third-order valence-electron chi connectivity index (χ3n) is 4.19. The van der Waals surface area contributed by atoms with Gasteiger partial charge in [-0.05, 0) is 25.1 Å². The number of carbonyl (C=O) groups excluding carboxylic acids is 1. The molecule has 2 N–H and O–H groups in total. The molecule has 4 aromatic rings. The van der Waals surface area contributed by atoms with Crippen LogP contribution < -0.4 is 10.1 Å². The van der Waals surface area contributed by atoms with Crippen LogP contribution in [-0.4, -0.2) is 28.2 Å². The Labute approximate surface area is 153 Å². The summed E-state index contributed by atoms with van der Waals surface area (Å²) in [5, 5.41) is 9.86. The van der Waals surface area contributed by atoms with Gasteiger partial charge in [0.1, 0.15) is 5.75 Å². The lowest BCUT2D eigenvalue weighted by atomic mass is 10.1. The minimum Gasteiger partial charge on any atom is -0.496 e. The molecule has 136 valence electrons. The summed E-state index contributed by atoms with van der Waals surface area (Å²) in [5.74, 6) is 0.0601. The molecular formula is C19H15FN4O3. The SMILES string of the molecule is COc1ccccc1-c1nc(NC(=O)c2oc3c(F)cccc3c2C)n[nH]1. The van der Waals surface area contributed by atoms with Crippen molar-refractivity contribution in [3.8, 4) is 17.1 Å². The first kappa shape index (κ1) is 16.8. The Balaban J connectivity index is 1.62. The van der Waals surface area contributed by atoms with E-state index in [-0.39, 0.29) is 17.3 Å². The zero-order valence-electron chi connectivity index (χ0n) is 14.5. The Morgan fingerprint density at radius 3 is 2.81 bits per heavy atom. The number of hydrogen-bond acceptors (Lipinski definition) is 5. The van der Waals surface area contributed by atoms with E-state index in [1.807, 2.05) is 18.2 Å². The number of benzene rings is 2. The van der Waals surface area contributed by atoms with Crippen molar-refractivity contribution in [3.63, 3.8) is 0 Å². The van der Waals surface area contributed by atoms with Gasteiger partial charge < -0.3 is 9.15 Å². The fraction of sp³-hybridized carbons (Fsp3) is 0.105. The van der Waals surface area contributed by atoms with Crippen LogP contribution in [-0.2, 0) is 0 Å². The fourth-order valence-electron chi connectivity index (χ4n) is 2.86. The normalized spacial score (nSPS) is 10.9. The predicted octanol–water partition coefficient (Wildman–Crippen LogP) is 3.93. The number of nitrogens with zero attached hydrogens (tertiary/aromatic N) is 2. The molecule has 2 aromatic heterocycles. The first-order valence-corrected chi connectivity index (χ1v) is 8.13. The number of hydrogen-bond donors (Lipinski definition) is 2. The number of aromatic nitrogens is 3. The minimum atomic E-state index is -0.561. The second kappa shape index (κ2) is 6.56. The molecule has 2 aromatic carbocycles.